The van der Waals surface area contributed by atoms with Crippen molar-refractivity contribution in [2.75, 3.05) is 51.5 Å². The molecule has 1 saturated carbocycles. The van der Waals surface area contributed by atoms with Crippen molar-refractivity contribution in [2.45, 2.75) is 70.2 Å². The molecule has 5 rings (SSSR count). The number of imide groups is 2. The minimum atomic E-state index is -1.00. The zero-order chi connectivity index (χ0) is 30.7. The van der Waals surface area contributed by atoms with Crippen LogP contribution in [0, 0.1) is 0 Å². The number of carbonyl (C=O) groups is 4. The lowest BCUT2D eigenvalue weighted by Gasteiger charge is -2.27. The largest absolute Gasteiger partial charge is 0.382 e. The summed E-state index contributed by atoms with van der Waals surface area (Å²) in [4.78, 5) is 50.8. The van der Waals surface area contributed by atoms with Crippen LogP contribution in [-0.4, -0.2) is 102 Å². The molecule has 0 spiro atoms. The number of nitrogens with one attached hydrogen (secondary N) is 2. The molecule has 4 amide bonds. The Labute approximate surface area is 255 Å². The average Bonchev–Trinajstić information content (AvgIpc) is 3.59. The molecule has 44 heavy (non-hydrogen) atoms. The van der Waals surface area contributed by atoms with E-state index in [2.05, 4.69) is 20.9 Å². The van der Waals surface area contributed by atoms with Crippen LogP contribution in [0.4, 0.5) is 5.69 Å². The van der Waals surface area contributed by atoms with E-state index in [1.165, 1.54) is 19.3 Å². The second kappa shape index (κ2) is 15.8. The van der Waals surface area contributed by atoms with E-state index in [4.69, 9.17) is 18.9 Å². The number of aromatic nitrogens is 3. The van der Waals surface area contributed by atoms with Crippen molar-refractivity contribution < 1.29 is 38.1 Å². The number of rotatable bonds is 17. The number of carbonyl (C=O) groups excluding carboxylic acids is 4. The van der Waals surface area contributed by atoms with Crippen molar-refractivity contribution in [3.8, 4) is 0 Å². The fraction of sp³-hybridized carbons (Fsp3) is 0.600. The number of fused-ring (bicyclic) bond motifs is 1. The number of ether oxygens (including phenoxy) is 4. The van der Waals surface area contributed by atoms with Crippen LogP contribution in [0.25, 0.3) is 0 Å². The van der Waals surface area contributed by atoms with Gasteiger partial charge in [0.05, 0.1) is 76.2 Å². The summed E-state index contributed by atoms with van der Waals surface area (Å²) in [7, 11) is 0. The zero-order valence-corrected chi connectivity index (χ0v) is 24.8. The Hall–Kier alpha value is -3.72. The van der Waals surface area contributed by atoms with E-state index >= 15 is 0 Å². The first-order valence-electron chi connectivity index (χ1n) is 15.3. The van der Waals surface area contributed by atoms with Gasteiger partial charge >= 0.3 is 0 Å². The van der Waals surface area contributed by atoms with Crippen LogP contribution < -0.4 is 10.6 Å². The van der Waals surface area contributed by atoms with E-state index in [0.717, 1.165) is 23.4 Å². The number of nitrogens with zero attached hydrogens (tertiary/aromatic N) is 4. The molecule has 1 unspecified atom stereocenters. The van der Waals surface area contributed by atoms with Gasteiger partial charge in [-0.2, -0.15) is 0 Å². The highest BCUT2D eigenvalue weighted by Crippen LogP contribution is 2.32. The monoisotopic (exact) mass is 612 g/mol. The molecule has 238 valence electrons. The second-order valence-electron chi connectivity index (χ2n) is 11.0. The lowest BCUT2D eigenvalue weighted by atomic mass is 9.98. The van der Waals surface area contributed by atoms with Gasteiger partial charge in [-0.15, -0.1) is 5.10 Å². The number of anilines is 1. The number of hydrogen-bond acceptors (Lipinski definition) is 11. The van der Waals surface area contributed by atoms with Gasteiger partial charge in [0.2, 0.25) is 11.8 Å². The molecular weight excluding hydrogens is 572 g/mol. The van der Waals surface area contributed by atoms with Gasteiger partial charge in [0.25, 0.3) is 11.8 Å². The first kappa shape index (κ1) is 31.7. The molecule has 2 fully saturated rings. The molecule has 2 N–H and O–H groups in total. The van der Waals surface area contributed by atoms with E-state index in [1.54, 1.807) is 22.9 Å². The van der Waals surface area contributed by atoms with Gasteiger partial charge in [-0.05, 0) is 31.4 Å². The molecular formula is C30H40N6O8. The molecule has 1 atom stereocenters. The van der Waals surface area contributed by atoms with Gasteiger partial charge in [-0.3, -0.25) is 29.4 Å². The molecule has 0 bridgehead atoms. The molecule has 0 radical (unpaired) electrons. The Bertz CT molecular complexity index is 1310. The maximum absolute atomic E-state index is 13.1. The third-order valence-corrected chi connectivity index (χ3v) is 7.84. The molecule has 1 aromatic heterocycles. The highest BCUT2D eigenvalue weighted by atomic mass is 16.5. The summed E-state index contributed by atoms with van der Waals surface area (Å²) in [6, 6.07) is 3.94. The summed E-state index contributed by atoms with van der Waals surface area (Å²) >= 11 is 0. The standard InChI is InChI=1S/C30H40N6O8/c37-26-10-9-25(28(38)32-26)36-29(39)23-7-4-8-24(27(23)30(36)40)31-11-13-41-15-17-43-18-16-42-14-12-35-19-21(33-34-35)20-44-22-5-2-1-3-6-22/h4,7-8,19,22,25,31H,1-3,5-6,9-18,20H2,(H,32,37,38). The molecule has 1 aromatic carbocycles. The van der Waals surface area contributed by atoms with Crippen molar-refractivity contribution in [1.29, 1.82) is 0 Å². The number of hydrogen-bond donors (Lipinski definition) is 2. The lowest BCUT2D eigenvalue weighted by molar-refractivity contribution is -0.136. The summed E-state index contributed by atoms with van der Waals surface area (Å²) in [5.74, 6) is -2.13. The predicted octanol–water partition coefficient (Wildman–Crippen LogP) is 1.69. The van der Waals surface area contributed by atoms with E-state index in [9.17, 15) is 19.2 Å². The van der Waals surface area contributed by atoms with Crippen molar-refractivity contribution in [3.63, 3.8) is 0 Å². The van der Waals surface area contributed by atoms with E-state index in [0.29, 0.717) is 71.1 Å². The van der Waals surface area contributed by atoms with Crippen LogP contribution in [0.15, 0.2) is 24.4 Å². The lowest BCUT2D eigenvalue weighted by Crippen LogP contribution is -2.54. The smallest absolute Gasteiger partial charge is 0.264 e. The molecule has 14 heteroatoms. The first-order chi connectivity index (χ1) is 21.5. The molecule has 1 saturated heterocycles. The highest BCUT2D eigenvalue weighted by Gasteiger charge is 2.45. The Kier molecular flexibility index (Phi) is 11.4. The molecule has 2 aliphatic heterocycles. The topological polar surface area (TPSA) is 163 Å². The van der Waals surface area contributed by atoms with Gasteiger partial charge in [0, 0.05) is 18.7 Å². The summed E-state index contributed by atoms with van der Waals surface area (Å²) in [6.45, 7) is 4.05. The molecule has 3 heterocycles. The maximum Gasteiger partial charge on any atom is 0.264 e. The average molecular weight is 613 g/mol. The van der Waals surface area contributed by atoms with Gasteiger partial charge in [0.15, 0.2) is 0 Å². The van der Waals surface area contributed by atoms with Crippen molar-refractivity contribution in [2.24, 2.45) is 0 Å². The summed E-state index contributed by atoms with van der Waals surface area (Å²) in [6.07, 6.45) is 8.47. The fourth-order valence-electron chi connectivity index (χ4n) is 5.57. The van der Waals surface area contributed by atoms with Crippen LogP contribution >= 0.6 is 0 Å². The molecule has 3 aliphatic rings. The number of piperidine rings is 1. The quantitative estimate of drug-likeness (QED) is 0.197. The number of amides is 4. The van der Waals surface area contributed by atoms with Gasteiger partial charge in [0.1, 0.15) is 11.7 Å². The Morgan fingerprint density at radius 2 is 1.64 bits per heavy atom. The number of benzene rings is 1. The van der Waals surface area contributed by atoms with Gasteiger partial charge in [-0.25, -0.2) is 4.68 Å². The molecule has 1 aliphatic carbocycles. The zero-order valence-electron chi connectivity index (χ0n) is 24.8. The third kappa shape index (κ3) is 8.25. The Morgan fingerprint density at radius 3 is 2.41 bits per heavy atom. The maximum atomic E-state index is 13.1. The summed E-state index contributed by atoms with van der Waals surface area (Å²) < 4.78 is 24.5. The van der Waals surface area contributed by atoms with Crippen molar-refractivity contribution >= 4 is 29.3 Å². The molecule has 2 aromatic rings. The van der Waals surface area contributed by atoms with Crippen LogP contribution in [-0.2, 0) is 41.7 Å². The van der Waals surface area contributed by atoms with Crippen molar-refractivity contribution in [3.05, 3.63) is 41.2 Å². The second-order valence-corrected chi connectivity index (χ2v) is 11.0. The normalized spacial score (nSPS) is 19.0. The van der Waals surface area contributed by atoms with Gasteiger partial charge in [-0.1, -0.05) is 30.5 Å². The summed E-state index contributed by atoms with van der Waals surface area (Å²) in [5.41, 5.74) is 1.77. The van der Waals surface area contributed by atoms with Crippen LogP contribution in [0.3, 0.4) is 0 Å². The minimum Gasteiger partial charge on any atom is -0.382 e. The van der Waals surface area contributed by atoms with E-state index < -0.39 is 29.7 Å². The third-order valence-electron chi connectivity index (χ3n) is 7.84. The van der Waals surface area contributed by atoms with Crippen LogP contribution in [0.2, 0.25) is 0 Å². The van der Waals surface area contributed by atoms with E-state index in [1.807, 2.05) is 6.20 Å². The molecule has 14 nitrogen and oxygen atoms in total. The van der Waals surface area contributed by atoms with Crippen LogP contribution in [0.5, 0.6) is 0 Å². The minimum absolute atomic E-state index is 0.0739. The first-order valence-corrected chi connectivity index (χ1v) is 15.3. The summed E-state index contributed by atoms with van der Waals surface area (Å²) in [5, 5.41) is 13.6. The fourth-order valence-corrected chi connectivity index (χ4v) is 5.57. The van der Waals surface area contributed by atoms with Crippen LogP contribution in [0.1, 0.15) is 71.4 Å². The predicted molar refractivity (Wildman–Crippen MR) is 156 cm³/mol. The SMILES string of the molecule is O=C1CCC(N2C(=O)c3cccc(NCCOCCOCCOCCn4cc(COC5CCCCC5)nn4)c3C2=O)C(=O)N1. The highest BCUT2D eigenvalue weighted by molar-refractivity contribution is 6.25. The Morgan fingerprint density at radius 1 is 0.886 bits per heavy atom. The van der Waals surface area contributed by atoms with Gasteiger partial charge < -0.3 is 24.3 Å². The van der Waals surface area contributed by atoms with Crippen molar-refractivity contribution in [1.82, 2.24) is 25.2 Å². The Balaban J connectivity index is 0.904. The van der Waals surface area contributed by atoms with E-state index in [-0.39, 0.29) is 24.0 Å².